The molecule has 21 heavy (non-hydrogen) atoms. The van der Waals surface area contributed by atoms with Gasteiger partial charge in [0.25, 0.3) is 0 Å². The summed E-state index contributed by atoms with van der Waals surface area (Å²) in [4.78, 5) is 12.1. The zero-order valence-corrected chi connectivity index (χ0v) is 12.7. The molecule has 1 aromatic carbocycles. The number of nitrogens with two attached hydrogens (primary N) is 1. The molecule has 0 spiro atoms. The molecule has 5 heteroatoms. The van der Waals surface area contributed by atoms with E-state index in [0.717, 1.165) is 29.9 Å². The van der Waals surface area contributed by atoms with Crippen molar-refractivity contribution < 1.29 is 9.53 Å². The number of aromatic nitrogens is 2. The van der Waals surface area contributed by atoms with E-state index in [2.05, 4.69) is 12.0 Å². The fraction of sp³-hybridized carbons (Fsp3) is 0.375. The van der Waals surface area contributed by atoms with Crippen LogP contribution < -0.4 is 5.73 Å². The Balaban J connectivity index is 2.06. The van der Waals surface area contributed by atoms with E-state index in [9.17, 15) is 4.79 Å². The third-order valence-corrected chi connectivity index (χ3v) is 3.43. The van der Waals surface area contributed by atoms with E-state index in [1.807, 2.05) is 24.6 Å². The average Bonchev–Trinajstić information content (AvgIpc) is 2.90. The topological polar surface area (TPSA) is 70.1 Å². The van der Waals surface area contributed by atoms with Crippen LogP contribution in [0, 0.1) is 6.92 Å². The van der Waals surface area contributed by atoms with E-state index >= 15 is 0 Å². The number of carbonyl (C=O) groups excluding carboxylic acids is 1. The van der Waals surface area contributed by atoms with Crippen LogP contribution in [0.1, 0.15) is 41.2 Å². The van der Waals surface area contributed by atoms with Crippen molar-refractivity contribution in [3.8, 4) is 0 Å². The summed E-state index contributed by atoms with van der Waals surface area (Å²) in [5, 5.41) is 4.43. The molecule has 0 bridgehead atoms. The SMILES string of the molecule is CCc1cc(COC(=O)c2ccc(N)c(C)c2)n(CC)n1. The van der Waals surface area contributed by atoms with Crippen molar-refractivity contribution in [3.63, 3.8) is 0 Å². The molecule has 1 heterocycles. The molecule has 2 N–H and O–H groups in total. The maximum Gasteiger partial charge on any atom is 0.338 e. The summed E-state index contributed by atoms with van der Waals surface area (Å²) in [5.74, 6) is -0.347. The lowest BCUT2D eigenvalue weighted by atomic mass is 10.1. The summed E-state index contributed by atoms with van der Waals surface area (Å²) in [6.07, 6.45) is 0.866. The Labute approximate surface area is 124 Å². The molecule has 5 nitrogen and oxygen atoms in total. The Kier molecular flexibility index (Phi) is 4.62. The number of aryl methyl sites for hydroxylation is 3. The van der Waals surface area contributed by atoms with Crippen molar-refractivity contribution in [1.29, 1.82) is 0 Å². The summed E-state index contributed by atoms with van der Waals surface area (Å²) in [6, 6.07) is 7.12. The molecule has 0 aliphatic rings. The number of nitrogens with zero attached hydrogens (tertiary/aromatic N) is 2. The summed E-state index contributed by atoms with van der Waals surface area (Å²) in [7, 11) is 0. The molecule has 2 rings (SSSR count). The number of benzene rings is 1. The van der Waals surface area contributed by atoms with Crippen LogP contribution >= 0.6 is 0 Å². The van der Waals surface area contributed by atoms with Gasteiger partial charge in [-0.25, -0.2) is 4.79 Å². The van der Waals surface area contributed by atoms with E-state index in [1.165, 1.54) is 0 Å². The Morgan fingerprint density at radius 1 is 1.33 bits per heavy atom. The Morgan fingerprint density at radius 3 is 2.71 bits per heavy atom. The Morgan fingerprint density at radius 2 is 2.10 bits per heavy atom. The second kappa shape index (κ2) is 6.43. The quantitative estimate of drug-likeness (QED) is 0.678. The lowest BCUT2D eigenvalue weighted by molar-refractivity contribution is 0.0462. The van der Waals surface area contributed by atoms with Gasteiger partial charge in [-0.05, 0) is 50.1 Å². The van der Waals surface area contributed by atoms with Gasteiger partial charge in [-0.15, -0.1) is 0 Å². The standard InChI is InChI=1S/C16H21N3O2/c1-4-13-9-14(19(5-2)18-13)10-21-16(20)12-6-7-15(17)11(3)8-12/h6-9H,4-5,10,17H2,1-3H3. The molecule has 0 saturated heterocycles. The van der Waals surface area contributed by atoms with Crippen molar-refractivity contribution in [2.24, 2.45) is 0 Å². The number of nitrogen functional groups attached to an aromatic ring is 1. The molecular formula is C16H21N3O2. The number of ether oxygens (including phenoxy) is 1. The zero-order valence-electron chi connectivity index (χ0n) is 12.7. The van der Waals surface area contributed by atoms with Gasteiger partial charge in [0.1, 0.15) is 6.61 Å². The maximum absolute atomic E-state index is 12.1. The average molecular weight is 287 g/mol. The first kappa shape index (κ1) is 15.1. The van der Waals surface area contributed by atoms with Gasteiger partial charge in [-0.1, -0.05) is 6.92 Å². The summed E-state index contributed by atoms with van der Waals surface area (Å²) >= 11 is 0. The van der Waals surface area contributed by atoms with Crippen LogP contribution in [0.3, 0.4) is 0 Å². The minimum atomic E-state index is -0.347. The van der Waals surface area contributed by atoms with Gasteiger partial charge in [-0.2, -0.15) is 5.10 Å². The van der Waals surface area contributed by atoms with Gasteiger partial charge in [0, 0.05) is 12.2 Å². The highest BCUT2D eigenvalue weighted by Gasteiger charge is 2.11. The lowest BCUT2D eigenvalue weighted by Gasteiger charge is -2.07. The monoisotopic (exact) mass is 287 g/mol. The van der Waals surface area contributed by atoms with Crippen molar-refractivity contribution >= 4 is 11.7 Å². The van der Waals surface area contributed by atoms with E-state index in [4.69, 9.17) is 10.5 Å². The molecule has 0 amide bonds. The molecule has 0 fully saturated rings. The van der Waals surface area contributed by atoms with Gasteiger partial charge < -0.3 is 10.5 Å². The highest BCUT2D eigenvalue weighted by atomic mass is 16.5. The molecule has 0 atom stereocenters. The molecule has 0 saturated carbocycles. The van der Waals surface area contributed by atoms with E-state index in [-0.39, 0.29) is 12.6 Å². The van der Waals surface area contributed by atoms with Crippen molar-refractivity contribution in [3.05, 3.63) is 46.8 Å². The van der Waals surface area contributed by atoms with Crippen LogP contribution in [0.2, 0.25) is 0 Å². The van der Waals surface area contributed by atoms with Crippen molar-refractivity contribution in [2.45, 2.75) is 40.3 Å². The van der Waals surface area contributed by atoms with E-state index in [1.54, 1.807) is 18.2 Å². The van der Waals surface area contributed by atoms with Crippen LogP contribution in [-0.2, 0) is 24.3 Å². The summed E-state index contributed by atoms with van der Waals surface area (Å²) < 4.78 is 7.23. The molecule has 2 aromatic rings. The Hall–Kier alpha value is -2.30. The molecule has 0 unspecified atom stereocenters. The number of hydrogen-bond donors (Lipinski definition) is 1. The van der Waals surface area contributed by atoms with E-state index in [0.29, 0.717) is 11.3 Å². The first-order valence-electron chi connectivity index (χ1n) is 7.14. The van der Waals surface area contributed by atoms with Gasteiger partial charge >= 0.3 is 5.97 Å². The second-order valence-corrected chi connectivity index (χ2v) is 4.94. The number of anilines is 1. The van der Waals surface area contributed by atoms with Crippen LogP contribution in [0.25, 0.3) is 0 Å². The predicted octanol–water partition coefficient (Wildman–Crippen LogP) is 2.71. The van der Waals surface area contributed by atoms with Crippen LogP contribution in [0.5, 0.6) is 0 Å². The van der Waals surface area contributed by atoms with Gasteiger partial charge in [0.05, 0.1) is 17.0 Å². The first-order chi connectivity index (χ1) is 10.0. The molecule has 112 valence electrons. The number of hydrogen-bond acceptors (Lipinski definition) is 4. The van der Waals surface area contributed by atoms with Crippen molar-refractivity contribution in [2.75, 3.05) is 5.73 Å². The van der Waals surface area contributed by atoms with E-state index < -0.39 is 0 Å². The normalized spacial score (nSPS) is 10.6. The maximum atomic E-state index is 12.1. The smallest absolute Gasteiger partial charge is 0.338 e. The minimum Gasteiger partial charge on any atom is -0.456 e. The number of carbonyl (C=O) groups is 1. The van der Waals surface area contributed by atoms with Crippen LogP contribution in [0.15, 0.2) is 24.3 Å². The molecule has 0 aliphatic carbocycles. The zero-order chi connectivity index (χ0) is 15.4. The molecular weight excluding hydrogens is 266 g/mol. The highest BCUT2D eigenvalue weighted by molar-refractivity contribution is 5.90. The second-order valence-electron chi connectivity index (χ2n) is 4.94. The Bertz CT molecular complexity index is 647. The fourth-order valence-electron chi connectivity index (χ4n) is 2.10. The third kappa shape index (κ3) is 3.42. The van der Waals surface area contributed by atoms with Crippen LogP contribution in [0.4, 0.5) is 5.69 Å². The first-order valence-corrected chi connectivity index (χ1v) is 7.14. The third-order valence-electron chi connectivity index (χ3n) is 3.43. The number of esters is 1. The van der Waals surface area contributed by atoms with Gasteiger partial charge in [-0.3, -0.25) is 4.68 Å². The predicted molar refractivity (Wildman–Crippen MR) is 82.0 cm³/mol. The lowest BCUT2D eigenvalue weighted by Crippen LogP contribution is -2.09. The highest BCUT2D eigenvalue weighted by Crippen LogP contribution is 2.14. The molecule has 0 radical (unpaired) electrons. The number of rotatable bonds is 5. The fourth-order valence-corrected chi connectivity index (χ4v) is 2.10. The summed E-state index contributed by atoms with van der Waals surface area (Å²) in [6.45, 7) is 6.92. The minimum absolute atomic E-state index is 0.225. The largest absolute Gasteiger partial charge is 0.456 e. The van der Waals surface area contributed by atoms with Gasteiger partial charge in [0.2, 0.25) is 0 Å². The molecule has 1 aromatic heterocycles. The van der Waals surface area contributed by atoms with Crippen LogP contribution in [-0.4, -0.2) is 15.7 Å². The summed E-state index contributed by atoms with van der Waals surface area (Å²) in [5.41, 5.74) is 9.72. The molecule has 0 aliphatic heterocycles. The van der Waals surface area contributed by atoms with Crippen molar-refractivity contribution in [1.82, 2.24) is 9.78 Å². The van der Waals surface area contributed by atoms with Gasteiger partial charge in [0.15, 0.2) is 0 Å².